The first-order valence-electron chi connectivity index (χ1n) is 10.8. The van der Waals surface area contributed by atoms with Gasteiger partial charge in [0.1, 0.15) is 12.1 Å². The molecule has 1 aliphatic heterocycles. The lowest BCUT2D eigenvalue weighted by Crippen LogP contribution is -2.45. The molecule has 1 unspecified atom stereocenters. The van der Waals surface area contributed by atoms with Crippen molar-refractivity contribution < 1.29 is 4.79 Å². The van der Waals surface area contributed by atoms with E-state index in [0.29, 0.717) is 6.54 Å². The molecule has 0 saturated carbocycles. The summed E-state index contributed by atoms with van der Waals surface area (Å²) >= 11 is 0. The molecule has 0 N–H and O–H groups in total. The SMILES string of the molecule is CCN(CC)C(=O)C1CCCN(c2ncnc3c2cnn3-c2ccc(C)cc2C)C1. The van der Waals surface area contributed by atoms with E-state index in [2.05, 4.69) is 52.0 Å². The van der Waals surface area contributed by atoms with Crippen LogP contribution in [0.25, 0.3) is 16.7 Å². The number of carbonyl (C=O) groups is 1. The number of carbonyl (C=O) groups excluding carboxylic acids is 1. The number of benzene rings is 1. The monoisotopic (exact) mass is 406 g/mol. The Hall–Kier alpha value is -2.96. The van der Waals surface area contributed by atoms with Gasteiger partial charge in [-0.3, -0.25) is 4.79 Å². The topological polar surface area (TPSA) is 67.2 Å². The third-order valence-corrected chi connectivity index (χ3v) is 6.07. The van der Waals surface area contributed by atoms with Crippen molar-refractivity contribution in [3.8, 4) is 5.69 Å². The van der Waals surface area contributed by atoms with E-state index in [0.717, 1.165) is 60.6 Å². The molecule has 0 aliphatic carbocycles. The van der Waals surface area contributed by atoms with Gasteiger partial charge < -0.3 is 9.80 Å². The molecule has 3 aromatic rings. The van der Waals surface area contributed by atoms with Gasteiger partial charge in [-0.2, -0.15) is 5.10 Å². The predicted molar refractivity (Wildman–Crippen MR) is 119 cm³/mol. The minimum Gasteiger partial charge on any atom is -0.355 e. The molecule has 1 atom stereocenters. The molecular weight excluding hydrogens is 376 g/mol. The van der Waals surface area contributed by atoms with Crippen LogP contribution in [0.15, 0.2) is 30.7 Å². The lowest BCUT2D eigenvalue weighted by atomic mass is 9.96. The smallest absolute Gasteiger partial charge is 0.227 e. The zero-order valence-corrected chi connectivity index (χ0v) is 18.3. The Balaban J connectivity index is 1.67. The Labute approximate surface area is 177 Å². The minimum absolute atomic E-state index is 0.0121. The van der Waals surface area contributed by atoms with Gasteiger partial charge in [0, 0.05) is 26.2 Å². The maximum absolute atomic E-state index is 12.9. The van der Waals surface area contributed by atoms with Crippen LogP contribution in [0.2, 0.25) is 0 Å². The Morgan fingerprint density at radius 2 is 2.00 bits per heavy atom. The van der Waals surface area contributed by atoms with Gasteiger partial charge in [0.05, 0.1) is 23.2 Å². The van der Waals surface area contributed by atoms with Crippen molar-refractivity contribution in [1.82, 2.24) is 24.6 Å². The first-order chi connectivity index (χ1) is 14.5. The molecule has 1 aromatic carbocycles. The van der Waals surface area contributed by atoms with Gasteiger partial charge >= 0.3 is 0 Å². The zero-order valence-electron chi connectivity index (χ0n) is 18.3. The summed E-state index contributed by atoms with van der Waals surface area (Å²) in [6, 6.07) is 6.32. The van der Waals surface area contributed by atoms with Gasteiger partial charge in [0.2, 0.25) is 5.91 Å². The molecule has 0 spiro atoms. The third-order valence-electron chi connectivity index (χ3n) is 6.07. The minimum atomic E-state index is 0.0121. The molecule has 4 rings (SSSR count). The van der Waals surface area contributed by atoms with Crippen molar-refractivity contribution in [2.45, 2.75) is 40.5 Å². The molecule has 3 heterocycles. The second kappa shape index (κ2) is 8.42. The van der Waals surface area contributed by atoms with E-state index >= 15 is 0 Å². The first-order valence-corrected chi connectivity index (χ1v) is 10.8. The molecule has 1 amide bonds. The van der Waals surface area contributed by atoms with Gasteiger partial charge in [0.25, 0.3) is 0 Å². The number of fused-ring (bicyclic) bond motifs is 1. The number of hydrogen-bond donors (Lipinski definition) is 0. The molecule has 2 aromatic heterocycles. The Morgan fingerprint density at radius 1 is 1.20 bits per heavy atom. The van der Waals surface area contributed by atoms with Crippen LogP contribution in [0.3, 0.4) is 0 Å². The Morgan fingerprint density at radius 3 is 2.73 bits per heavy atom. The highest BCUT2D eigenvalue weighted by molar-refractivity contribution is 5.88. The second-order valence-electron chi connectivity index (χ2n) is 8.08. The van der Waals surface area contributed by atoms with Crippen LogP contribution in [0.5, 0.6) is 0 Å². The van der Waals surface area contributed by atoms with Gasteiger partial charge in [-0.05, 0) is 52.2 Å². The van der Waals surface area contributed by atoms with Crippen LogP contribution in [0.1, 0.15) is 37.8 Å². The highest BCUT2D eigenvalue weighted by Gasteiger charge is 2.30. The molecule has 1 fully saturated rings. The van der Waals surface area contributed by atoms with Crippen LogP contribution in [0.4, 0.5) is 5.82 Å². The van der Waals surface area contributed by atoms with Crippen molar-refractivity contribution in [3.05, 3.63) is 41.9 Å². The molecule has 158 valence electrons. The maximum Gasteiger partial charge on any atom is 0.227 e. The van der Waals surface area contributed by atoms with E-state index in [1.54, 1.807) is 6.33 Å². The van der Waals surface area contributed by atoms with E-state index < -0.39 is 0 Å². The first kappa shape index (κ1) is 20.3. The molecule has 7 heteroatoms. The van der Waals surface area contributed by atoms with E-state index in [9.17, 15) is 4.79 Å². The summed E-state index contributed by atoms with van der Waals surface area (Å²) in [4.78, 5) is 26.2. The van der Waals surface area contributed by atoms with E-state index in [1.165, 1.54) is 5.56 Å². The van der Waals surface area contributed by atoms with Gasteiger partial charge in [0.15, 0.2) is 5.65 Å². The quantitative estimate of drug-likeness (QED) is 0.649. The zero-order chi connectivity index (χ0) is 21.3. The summed E-state index contributed by atoms with van der Waals surface area (Å²) in [5.41, 5.74) is 4.20. The third kappa shape index (κ3) is 3.64. The number of piperidine rings is 1. The number of aryl methyl sites for hydroxylation is 2. The number of amides is 1. The largest absolute Gasteiger partial charge is 0.355 e. The van der Waals surface area contributed by atoms with Crippen molar-refractivity contribution in [3.63, 3.8) is 0 Å². The average Bonchev–Trinajstić information content (AvgIpc) is 3.18. The molecular formula is C23H30N6O. The average molecular weight is 407 g/mol. The Kier molecular flexibility index (Phi) is 5.70. The van der Waals surface area contributed by atoms with Crippen LogP contribution >= 0.6 is 0 Å². The fourth-order valence-corrected chi connectivity index (χ4v) is 4.47. The van der Waals surface area contributed by atoms with Crippen molar-refractivity contribution in [2.75, 3.05) is 31.1 Å². The second-order valence-corrected chi connectivity index (χ2v) is 8.08. The molecule has 1 aliphatic rings. The highest BCUT2D eigenvalue weighted by atomic mass is 16.2. The summed E-state index contributed by atoms with van der Waals surface area (Å²) in [7, 11) is 0. The van der Waals surface area contributed by atoms with Crippen LogP contribution < -0.4 is 4.90 Å². The number of anilines is 1. The van der Waals surface area contributed by atoms with E-state index in [1.807, 2.05) is 29.6 Å². The summed E-state index contributed by atoms with van der Waals surface area (Å²) < 4.78 is 1.89. The standard InChI is InChI=1S/C23H30N6O/c1-5-27(6-2)23(30)18-8-7-11-28(14-18)21-19-13-26-29(22(19)25-15-24-21)20-10-9-16(3)12-17(20)4/h9-10,12-13,15,18H,5-8,11,14H2,1-4H3. The number of aromatic nitrogens is 4. The maximum atomic E-state index is 12.9. The van der Waals surface area contributed by atoms with Gasteiger partial charge in [-0.1, -0.05) is 17.7 Å². The molecule has 7 nitrogen and oxygen atoms in total. The van der Waals surface area contributed by atoms with E-state index in [4.69, 9.17) is 0 Å². The van der Waals surface area contributed by atoms with Crippen LogP contribution in [0, 0.1) is 19.8 Å². The number of nitrogens with zero attached hydrogens (tertiary/aromatic N) is 6. The van der Waals surface area contributed by atoms with E-state index in [-0.39, 0.29) is 11.8 Å². The van der Waals surface area contributed by atoms with Crippen molar-refractivity contribution in [2.24, 2.45) is 5.92 Å². The number of rotatable bonds is 5. The molecule has 30 heavy (non-hydrogen) atoms. The summed E-state index contributed by atoms with van der Waals surface area (Å²) in [5.74, 6) is 1.13. The predicted octanol–water partition coefficient (Wildman–Crippen LogP) is 3.52. The van der Waals surface area contributed by atoms with Crippen LogP contribution in [-0.4, -0.2) is 56.7 Å². The van der Waals surface area contributed by atoms with Gasteiger partial charge in [-0.15, -0.1) is 0 Å². The molecule has 0 bridgehead atoms. The highest BCUT2D eigenvalue weighted by Crippen LogP contribution is 2.29. The van der Waals surface area contributed by atoms with Crippen molar-refractivity contribution >= 4 is 22.8 Å². The summed E-state index contributed by atoms with van der Waals surface area (Å²) in [6.07, 6.45) is 5.37. The molecule has 0 radical (unpaired) electrons. The number of hydrogen-bond acceptors (Lipinski definition) is 5. The summed E-state index contributed by atoms with van der Waals surface area (Å²) in [5, 5.41) is 5.56. The fraction of sp³-hybridized carbons (Fsp3) is 0.478. The lowest BCUT2D eigenvalue weighted by molar-refractivity contribution is -0.135. The normalized spacial score (nSPS) is 16.8. The van der Waals surface area contributed by atoms with Gasteiger partial charge in [-0.25, -0.2) is 14.6 Å². The molecule has 1 saturated heterocycles. The lowest BCUT2D eigenvalue weighted by Gasteiger charge is -2.35. The Bertz CT molecular complexity index is 1060. The summed E-state index contributed by atoms with van der Waals surface area (Å²) in [6.45, 7) is 11.4. The van der Waals surface area contributed by atoms with Crippen LogP contribution in [-0.2, 0) is 4.79 Å². The fourth-order valence-electron chi connectivity index (χ4n) is 4.47. The van der Waals surface area contributed by atoms with Crippen molar-refractivity contribution in [1.29, 1.82) is 0 Å².